The number of nitrogens with zero attached hydrogens (tertiary/aromatic N) is 1. The van der Waals surface area contributed by atoms with Crippen molar-refractivity contribution in [1.82, 2.24) is 10.2 Å². The maximum Gasteiger partial charge on any atom is 0.0587 e. The topological polar surface area (TPSA) is 24.5 Å². The molecule has 0 aromatic heterocycles. The Hall–Kier alpha value is -0.120. The first kappa shape index (κ1) is 14.9. The molecule has 1 aliphatic rings. The fourth-order valence-electron chi connectivity index (χ4n) is 2.56. The summed E-state index contributed by atoms with van der Waals surface area (Å²) < 4.78 is 5.01. The van der Waals surface area contributed by atoms with E-state index < -0.39 is 0 Å². The van der Waals surface area contributed by atoms with Crippen molar-refractivity contribution in [2.24, 2.45) is 5.41 Å². The summed E-state index contributed by atoms with van der Waals surface area (Å²) in [4.78, 5) is 2.52. The predicted octanol–water partition coefficient (Wildman–Crippen LogP) is 2.12. The molecule has 3 nitrogen and oxygen atoms in total. The summed E-state index contributed by atoms with van der Waals surface area (Å²) in [7, 11) is 4.01. The van der Waals surface area contributed by atoms with Gasteiger partial charge in [-0.25, -0.2) is 0 Å². The van der Waals surface area contributed by atoms with Crippen molar-refractivity contribution in [2.75, 3.05) is 40.4 Å². The molecule has 1 aliphatic carbocycles. The van der Waals surface area contributed by atoms with Gasteiger partial charge in [0.05, 0.1) is 6.61 Å². The summed E-state index contributed by atoms with van der Waals surface area (Å²) in [6.45, 7) is 8.78. The Kier molecular flexibility index (Phi) is 6.45. The molecular formula is C14H30N2O. The Balaban J connectivity index is 2.10. The van der Waals surface area contributed by atoms with Crippen LogP contribution in [-0.4, -0.2) is 51.3 Å². The highest BCUT2D eigenvalue weighted by molar-refractivity contribution is 4.82. The highest BCUT2D eigenvalue weighted by atomic mass is 16.5. The van der Waals surface area contributed by atoms with Gasteiger partial charge in [0.15, 0.2) is 0 Å². The minimum atomic E-state index is 0.577. The minimum Gasteiger partial charge on any atom is -0.383 e. The van der Waals surface area contributed by atoms with Crippen molar-refractivity contribution in [2.45, 2.75) is 45.6 Å². The average Bonchev–Trinajstić information content (AvgIpc) is 2.28. The van der Waals surface area contributed by atoms with Crippen LogP contribution >= 0.6 is 0 Å². The minimum absolute atomic E-state index is 0.577. The lowest BCUT2D eigenvalue weighted by Gasteiger charge is -2.38. The lowest BCUT2D eigenvalue weighted by atomic mass is 9.75. The standard InChI is InChI=1S/C14H30N2O/c1-14(2)7-5-13(6-8-14)16(3)11-9-15-10-12-17-4/h13,15H,5-12H2,1-4H3. The van der Waals surface area contributed by atoms with Crippen LogP contribution in [-0.2, 0) is 4.74 Å². The summed E-state index contributed by atoms with van der Waals surface area (Å²) in [5, 5.41) is 3.41. The molecule has 3 heteroatoms. The zero-order valence-electron chi connectivity index (χ0n) is 12.1. The Morgan fingerprint density at radius 2 is 1.88 bits per heavy atom. The molecule has 0 unspecified atom stereocenters. The van der Waals surface area contributed by atoms with Gasteiger partial charge in [0.1, 0.15) is 0 Å². The molecule has 0 spiro atoms. The first-order valence-electron chi connectivity index (χ1n) is 6.95. The SMILES string of the molecule is COCCNCCN(C)C1CCC(C)(C)CC1. The van der Waals surface area contributed by atoms with Crippen LogP contribution in [0.2, 0.25) is 0 Å². The van der Waals surface area contributed by atoms with Gasteiger partial charge < -0.3 is 15.0 Å². The Bertz CT molecular complexity index is 196. The van der Waals surface area contributed by atoms with E-state index >= 15 is 0 Å². The van der Waals surface area contributed by atoms with Crippen LogP contribution in [0, 0.1) is 5.41 Å². The van der Waals surface area contributed by atoms with Crippen molar-refractivity contribution in [3.8, 4) is 0 Å². The quantitative estimate of drug-likeness (QED) is 0.692. The van der Waals surface area contributed by atoms with Crippen LogP contribution in [0.4, 0.5) is 0 Å². The third kappa shape index (κ3) is 5.84. The largest absolute Gasteiger partial charge is 0.383 e. The lowest BCUT2D eigenvalue weighted by molar-refractivity contribution is 0.127. The van der Waals surface area contributed by atoms with Gasteiger partial charge in [-0.1, -0.05) is 13.8 Å². The number of rotatable bonds is 7. The molecule has 0 heterocycles. The molecule has 0 aromatic rings. The van der Waals surface area contributed by atoms with Gasteiger partial charge in [0, 0.05) is 32.8 Å². The summed E-state index contributed by atoms with van der Waals surface area (Å²) in [6, 6.07) is 0.798. The highest BCUT2D eigenvalue weighted by Gasteiger charge is 2.28. The second-order valence-corrected chi connectivity index (χ2v) is 6.12. The summed E-state index contributed by atoms with van der Waals surface area (Å²) in [6.07, 6.45) is 5.47. The van der Waals surface area contributed by atoms with Gasteiger partial charge >= 0.3 is 0 Å². The molecule has 0 saturated heterocycles. The second kappa shape index (κ2) is 7.34. The molecule has 1 N–H and O–H groups in total. The molecule has 0 aliphatic heterocycles. The van der Waals surface area contributed by atoms with Crippen LogP contribution < -0.4 is 5.32 Å². The lowest BCUT2D eigenvalue weighted by Crippen LogP contribution is -2.40. The third-order valence-corrected chi connectivity index (χ3v) is 4.06. The smallest absolute Gasteiger partial charge is 0.0587 e. The zero-order chi connectivity index (χ0) is 12.7. The number of methoxy groups -OCH3 is 1. The molecule has 0 atom stereocenters. The summed E-state index contributed by atoms with van der Waals surface area (Å²) in [5.74, 6) is 0. The molecule has 0 bridgehead atoms. The number of hydrogen-bond acceptors (Lipinski definition) is 3. The van der Waals surface area contributed by atoms with Crippen molar-refractivity contribution >= 4 is 0 Å². The monoisotopic (exact) mass is 242 g/mol. The Labute approximate surface area is 107 Å². The van der Waals surface area contributed by atoms with Crippen LogP contribution in [0.1, 0.15) is 39.5 Å². The van der Waals surface area contributed by atoms with Crippen LogP contribution in [0.5, 0.6) is 0 Å². The number of likely N-dealkylation sites (N-methyl/N-ethyl adjacent to an activating group) is 1. The molecule has 0 aromatic carbocycles. The van der Waals surface area contributed by atoms with E-state index in [0.29, 0.717) is 5.41 Å². The third-order valence-electron chi connectivity index (χ3n) is 4.06. The van der Waals surface area contributed by atoms with E-state index in [4.69, 9.17) is 4.74 Å². The second-order valence-electron chi connectivity index (χ2n) is 6.12. The average molecular weight is 242 g/mol. The van der Waals surface area contributed by atoms with E-state index in [2.05, 4.69) is 31.1 Å². The Morgan fingerprint density at radius 3 is 2.47 bits per heavy atom. The first-order valence-corrected chi connectivity index (χ1v) is 6.95. The van der Waals surface area contributed by atoms with Crippen molar-refractivity contribution < 1.29 is 4.74 Å². The predicted molar refractivity (Wildman–Crippen MR) is 73.4 cm³/mol. The first-order chi connectivity index (χ1) is 8.05. The maximum atomic E-state index is 5.01. The van der Waals surface area contributed by atoms with E-state index in [-0.39, 0.29) is 0 Å². The molecule has 0 radical (unpaired) electrons. The van der Waals surface area contributed by atoms with E-state index in [0.717, 1.165) is 32.3 Å². The molecule has 0 amide bonds. The molecule has 1 fully saturated rings. The molecule has 1 saturated carbocycles. The van der Waals surface area contributed by atoms with E-state index in [1.165, 1.54) is 25.7 Å². The molecule has 102 valence electrons. The van der Waals surface area contributed by atoms with Gasteiger partial charge in [-0.3, -0.25) is 0 Å². The normalized spacial score (nSPS) is 21.0. The van der Waals surface area contributed by atoms with Crippen LogP contribution in [0.3, 0.4) is 0 Å². The van der Waals surface area contributed by atoms with Crippen LogP contribution in [0.15, 0.2) is 0 Å². The number of nitrogens with one attached hydrogen (secondary N) is 1. The number of hydrogen-bond donors (Lipinski definition) is 1. The highest BCUT2D eigenvalue weighted by Crippen LogP contribution is 2.36. The van der Waals surface area contributed by atoms with Crippen LogP contribution in [0.25, 0.3) is 0 Å². The van der Waals surface area contributed by atoms with Crippen molar-refractivity contribution in [1.29, 1.82) is 0 Å². The van der Waals surface area contributed by atoms with Gasteiger partial charge in [-0.15, -0.1) is 0 Å². The van der Waals surface area contributed by atoms with Crippen molar-refractivity contribution in [3.63, 3.8) is 0 Å². The number of ether oxygens (including phenoxy) is 1. The van der Waals surface area contributed by atoms with Gasteiger partial charge in [0.2, 0.25) is 0 Å². The van der Waals surface area contributed by atoms with Gasteiger partial charge in [-0.05, 0) is 38.1 Å². The van der Waals surface area contributed by atoms with E-state index in [1.54, 1.807) is 7.11 Å². The van der Waals surface area contributed by atoms with Gasteiger partial charge in [0.25, 0.3) is 0 Å². The zero-order valence-corrected chi connectivity index (χ0v) is 12.1. The molecule has 1 rings (SSSR count). The van der Waals surface area contributed by atoms with Crippen molar-refractivity contribution in [3.05, 3.63) is 0 Å². The van der Waals surface area contributed by atoms with Gasteiger partial charge in [-0.2, -0.15) is 0 Å². The molecule has 17 heavy (non-hydrogen) atoms. The van der Waals surface area contributed by atoms with E-state index in [9.17, 15) is 0 Å². The maximum absolute atomic E-state index is 5.01. The summed E-state index contributed by atoms with van der Waals surface area (Å²) in [5.41, 5.74) is 0.577. The Morgan fingerprint density at radius 1 is 1.24 bits per heavy atom. The fraction of sp³-hybridized carbons (Fsp3) is 1.00. The fourth-order valence-corrected chi connectivity index (χ4v) is 2.56. The summed E-state index contributed by atoms with van der Waals surface area (Å²) >= 11 is 0. The van der Waals surface area contributed by atoms with E-state index in [1.807, 2.05) is 0 Å². The molecular weight excluding hydrogens is 212 g/mol.